The number of benzene rings is 3. The van der Waals surface area contributed by atoms with Crippen LogP contribution in [-0.2, 0) is 0 Å². The molecule has 31 heavy (non-hydrogen) atoms. The molecule has 0 saturated carbocycles. The number of H-pyrrole nitrogens is 2. The third-order valence-corrected chi connectivity index (χ3v) is 4.55. The number of rotatable bonds is 0. The molecule has 7 rings (SSSR count). The van der Waals surface area contributed by atoms with Crippen molar-refractivity contribution in [3.05, 3.63) is 85.9 Å². The van der Waals surface area contributed by atoms with E-state index in [9.17, 15) is 0 Å². The van der Waals surface area contributed by atoms with Crippen LogP contribution in [0, 0.1) is 0 Å². The summed E-state index contributed by atoms with van der Waals surface area (Å²) in [6.45, 7) is 0. The van der Waals surface area contributed by atoms with Crippen LogP contribution in [0.1, 0.15) is 0 Å². The summed E-state index contributed by atoms with van der Waals surface area (Å²) in [5, 5.41) is 12.6. The molecule has 4 heterocycles. The van der Waals surface area contributed by atoms with Crippen molar-refractivity contribution in [2.75, 3.05) is 0 Å². The Morgan fingerprint density at radius 3 is 2.42 bits per heavy atom. The van der Waals surface area contributed by atoms with Crippen LogP contribution < -0.4 is 0 Å². The number of hydrogen-bond donors (Lipinski definition) is 2. The van der Waals surface area contributed by atoms with Crippen molar-refractivity contribution in [1.29, 1.82) is 0 Å². The fraction of sp³-hybridized carbons (Fsp3) is 0. The molecule has 0 fully saturated rings. The highest BCUT2D eigenvalue weighted by Gasteiger charge is 2.02. The van der Waals surface area contributed by atoms with Crippen molar-refractivity contribution in [3.8, 4) is 0 Å². The lowest BCUT2D eigenvalue weighted by Crippen LogP contribution is -1.76. The van der Waals surface area contributed by atoms with E-state index in [2.05, 4.69) is 52.5 Å². The number of nitrogens with zero attached hydrogens (tertiary/aromatic N) is 6. The molecule has 9 heteroatoms. The Morgan fingerprint density at radius 1 is 0.774 bits per heavy atom. The van der Waals surface area contributed by atoms with Gasteiger partial charge in [0.05, 0.1) is 12.5 Å². The topological polar surface area (TPSA) is 122 Å². The average Bonchev–Trinajstić information content (AvgIpc) is 3.60. The molecule has 4 aromatic heterocycles. The molecule has 7 aromatic rings. The number of para-hydroxylation sites is 2. The van der Waals surface area contributed by atoms with Crippen LogP contribution >= 0.6 is 0 Å². The Hall–Kier alpha value is -4.66. The summed E-state index contributed by atoms with van der Waals surface area (Å²) in [6.07, 6.45) is 6.24. The molecule has 0 bridgehead atoms. The minimum atomic E-state index is 0.713. The lowest BCUT2D eigenvalue weighted by molar-refractivity contribution is 0.602. The van der Waals surface area contributed by atoms with Crippen LogP contribution in [0.25, 0.3) is 44.1 Å². The number of hydrogen-bond acceptors (Lipinski definition) is 7. The minimum absolute atomic E-state index is 0.713. The highest BCUT2D eigenvalue weighted by atomic mass is 16.3. The smallest absolute Gasteiger partial charge is 0.182 e. The molecular weight excluding hydrogens is 392 g/mol. The van der Waals surface area contributed by atoms with Crippen LogP contribution in [0.2, 0.25) is 0 Å². The Morgan fingerprint density at radius 2 is 1.58 bits per heavy atom. The molecule has 0 spiro atoms. The number of fused-ring (bicyclic) bond motifs is 5. The van der Waals surface area contributed by atoms with Crippen molar-refractivity contribution in [1.82, 2.24) is 40.3 Å². The molecule has 0 atom stereocenters. The number of aromatic amines is 2. The van der Waals surface area contributed by atoms with Gasteiger partial charge < -0.3 is 9.40 Å². The van der Waals surface area contributed by atoms with Gasteiger partial charge in [-0.25, -0.2) is 19.9 Å². The molecule has 0 aliphatic rings. The molecule has 0 aliphatic heterocycles. The quantitative estimate of drug-likeness (QED) is 0.384. The summed E-state index contributed by atoms with van der Waals surface area (Å²) >= 11 is 0. The van der Waals surface area contributed by atoms with E-state index >= 15 is 0 Å². The molecular formula is C22H16N8O. The van der Waals surface area contributed by atoms with E-state index in [-0.39, 0.29) is 0 Å². The van der Waals surface area contributed by atoms with Gasteiger partial charge in [-0.05, 0) is 23.6 Å². The van der Waals surface area contributed by atoms with Crippen LogP contribution in [-0.4, -0.2) is 40.3 Å². The zero-order valence-corrected chi connectivity index (χ0v) is 16.2. The van der Waals surface area contributed by atoms with Gasteiger partial charge in [0.1, 0.15) is 28.4 Å². The molecule has 0 aliphatic carbocycles. The third kappa shape index (κ3) is 3.92. The van der Waals surface area contributed by atoms with Gasteiger partial charge in [0.25, 0.3) is 0 Å². The fourth-order valence-corrected chi connectivity index (χ4v) is 3.08. The van der Waals surface area contributed by atoms with E-state index in [1.165, 1.54) is 18.1 Å². The van der Waals surface area contributed by atoms with Gasteiger partial charge in [0, 0.05) is 5.39 Å². The van der Waals surface area contributed by atoms with Gasteiger partial charge in [0.2, 0.25) is 0 Å². The van der Waals surface area contributed by atoms with Crippen molar-refractivity contribution >= 4 is 44.1 Å². The maximum atomic E-state index is 5.21. The summed E-state index contributed by atoms with van der Waals surface area (Å²) in [5.41, 5.74) is 5.20. The first-order valence-corrected chi connectivity index (χ1v) is 9.44. The molecule has 0 radical (unpaired) electrons. The molecule has 9 nitrogen and oxygen atoms in total. The van der Waals surface area contributed by atoms with Gasteiger partial charge >= 0.3 is 0 Å². The first kappa shape index (κ1) is 18.4. The monoisotopic (exact) mass is 408 g/mol. The second kappa shape index (κ2) is 8.37. The Balaban J connectivity index is 0.000000102. The Kier molecular flexibility index (Phi) is 4.96. The predicted molar refractivity (Wildman–Crippen MR) is 117 cm³/mol. The van der Waals surface area contributed by atoms with E-state index < -0.39 is 0 Å². The zero-order chi connectivity index (χ0) is 20.9. The second-order valence-corrected chi connectivity index (χ2v) is 6.46. The van der Waals surface area contributed by atoms with Crippen LogP contribution in [0.5, 0.6) is 0 Å². The van der Waals surface area contributed by atoms with E-state index in [0.29, 0.717) is 5.65 Å². The molecule has 3 aromatic carbocycles. The summed E-state index contributed by atoms with van der Waals surface area (Å²) in [7, 11) is 0. The van der Waals surface area contributed by atoms with Crippen molar-refractivity contribution in [2.45, 2.75) is 0 Å². The number of nitrogens with one attached hydrogen (secondary N) is 2. The van der Waals surface area contributed by atoms with Crippen LogP contribution in [0.15, 0.2) is 90.3 Å². The van der Waals surface area contributed by atoms with Crippen molar-refractivity contribution < 1.29 is 4.42 Å². The van der Waals surface area contributed by atoms with E-state index in [1.807, 2.05) is 48.5 Å². The first-order valence-electron chi connectivity index (χ1n) is 9.44. The van der Waals surface area contributed by atoms with E-state index in [4.69, 9.17) is 4.42 Å². The summed E-state index contributed by atoms with van der Waals surface area (Å²) < 4.78 is 5.21. The standard InChI is InChI=1S/C11H7NO.C6H5N3.C5H4N4/c1-2-4-9-8(3-1)5-6-10-11(9)12-7-13-10;1-2-4-6-5(3-1)7-9-8-6;1-4-5(8-2-6-1)9-3-7-4/h1-7H;1-4H,(H,7,8,9);1-3H,(H,6,7,8,9). The number of aromatic nitrogens is 8. The molecule has 0 amide bonds. The first-order chi connectivity index (χ1) is 15.4. The fourth-order valence-electron chi connectivity index (χ4n) is 3.08. The van der Waals surface area contributed by atoms with Gasteiger partial charge in [0.15, 0.2) is 17.6 Å². The average molecular weight is 408 g/mol. The third-order valence-electron chi connectivity index (χ3n) is 4.55. The van der Waals surface area contributed by atoms with Crippen molar-refractivity contribution in [3.63, 3.8) is 0 Å². The molecule has 0 unspecified atom stereocenters. The van der Waals surface area contributed by atoms with Gasteiger partial charge in [-0.1, -0.05) is 42.5 Å². The molecule has 0 saturated heterocycles. The number of imidazole rings is 1. The Bertz CT molecular complexity index is 1440. The molecule has 2 N–H and O–H groups in total. The van der Waals surface area contributed by atoms with Gasteiger partial charge in [-0.15, -0.1) is 0 Å². The van der Waals surface area contributed by atoms with Crippen molar-refractivity contribution in [2.24, 2.45) is 0 Å². The van der Waals surface area contributed by atoms with Crippen LogP contribution in [0.4, 0.5) is 0 Å². The maximum Gasteiger partial charge on any atom is 0.182 e. The maximum absolute atomic E-state index is 5.21. The lowest BCUT2D eigenvalue weighted by Gasteiger charge is -1.95. The highest BCUT2D eigenvalue weighted by molar-refractivity contribution is 6.03. The van der Waals surface area contributed by atoms with Gasteiger partial charge in [-0.3, -0.25) is 0 Å². The Labute approximate surface area is 175 Å². The molecule has 150 valence electrons. The SMILES string of the molecule is c1ccc2c(c1)ccc1ocnc12.c1ccc2n[nH]nc2c1.c1ncc2[nH]cnc2n1. The second-order valence-electron chi connectivity index (χ2n) is 6.46. The highest BCUT2D eigenvalue weighted by Crippen LogP contribution is 2.23. The summed E-state index contributed by atoms with van der Waals surface area (Å²) in [5.74, 6) is 0. The lowest BCUT2D eigenvalue weighted by atomic mass is 10.1. The largest absolute Gasteiger partial charge is 0.443 e. The number of oxazole rings is 1. The predicted octanol–water partition coefficient (Wildman–Crippen LogP) is 4.29. The van der Waals surface area contributed by atoms with E-state index in [0.717, 1.165) is 33.0 Å². The summed E-state index contributed by atoms with van der Waals surface area (Å²) in [4.78, 5) is 18.7. The summed E-state index contributed by atoms with van der Waals surface area (Å²) in [6, 6.07) is 19.9. The van der Waals surface area contributed by atoms with E-state index in [1.54, 1.807) is 12.5 Å². The normalized spacial score (nSPS) is 10.6. The van der Waals surface area contributed by atoms with Crippen LogP contribution in [0.3, 0.4) is 0 Å². The minimum Gasteiger partial charge on any atom is -0.443 e. The van der Waals surface area contributed by atoms with Gasteiger partial charge in [-0.2, -0.15) is 15.4 Å². The zero-order valence-electron chi connectivity index (χ0n) is 16.2.